The van der Waals surface area contributed by atoms with Crippen LogP contribution in [-0.4, -0.2) is 65.9 Å². The first-order valence-corrected chi connectivity index (χ1v) is 11.8. The van der Waals surface area contributed by atoms with E-state index in [9.17, 15) is 9.90 Å². The molecule has 2 heterocycles. The van der Waals surface area contributed by atoms with Gasteiger partial charge in [-0.2, -0.15) is 0 Å². The summed E-state index contributed by atoms with van der Waals surface area (Å²) in [4.78, 5) is 18.5. The second-order valence-electron chi connectivity index (χ2n) is 8.24. The van der Waals surface area contributed by atoms with Crippen LogP contribution in [0.15, 0.2) is 53.4 Å². The largest absolute Gasteiger partial charge is 0.392 e. The number of anilines is 1. The van der Waals surface area contributed by atoms with Gasteiger partial charge in [-0.15, -0.1) is 11.8 Å². The van der Waals surface area contributed by atoms with E-state index in [4.69, 9.17) is 0 Å². The molecule has 5 nitrogen and oxygen atoms in total. The lowest BCUT2D eigenvalue weighted by Crippen LogP contribution is -2.39. The number of rotatable bonds is 7. The van der Waals surface area contributed by atoms with E-state index in [2.05, 4.69) is 40.5 Å². The van der Waals surface area contributed by atoms with Gasteiger partial charge in [0.2, 0.25) is 5.91 Å². The third-order valence-corrected chi connectivity index (χ3v) is 7.15. The number of amides is 1. The summed E-state index contributed by atoms with van der Waals surface area (Å²) in [5, 5.41) is 13.4. The molecular formula is C24H31N3O2S. The minimum Gasteiger partial charge on any atom is -0.392 e. The highest BCUT2D eigenvalue weighted by molar-refractivity contribution is 8.00. The average molecular weight is 426 g/mol. The zero-order valence-electron chi connectivity index (χ0n) is 17.6. The number of aliphatic hydroxyl groups excluding tert-OH is 1. The number of para-hydroxylation sites is 1. The maximum Gasteiger partial charge on any atom is 0.233 e. The van der Waals surface area contributed by atoms with Crippen LogP contribution in [0.25, 0.3) is 0 Å². The summed E-state index contributed by atoms with van der Waals surface area (Å²) >= 11 is 1.62. The summed E-state index contributed by atoms with van der Waals surface area (Å²) in [6.07, 6.45) is 2.81. The van der Waals surface area contributed by atoms with E-state index in [0.29, 0.717) is 12.3 Å². The summed E-state index contributed by atoms with van der Waals surface area (Å²) in [5.74, 6) is 0.544. The van der Waals surface area contributed by atoms with Crippen LogP contribution in [0.2, 0.25) is 0 Å². The van der Waals surface area contributed by atoms with Crippen molar-refractivity contribution in [2.75, 3.05) is 44.3 Å². The molecule has 0 radical (unpaired) electrons. The van der Waals surface area contributed by atoms with Crippen LogP contribution in [0.5, 0.6) is 0 Å². The molecule has 2 aromatic rings. The number of benzene rings is 2. The highest BCUT2D eigenvalue weighted by atomic mass is 32.2. The van der Waals surface area contributed by atoms with Gasteiger partial charge in [0.1, 0.15) is 0 Å². The number of hydrogen-bond donors (Lipinski definition) is 2. The van der Waals surface area contributed by atoms with E-state index >= 15 is 0 Å². The van der Waals surface area contributed by atoms with E-state index in [1.54, 1.807) is 11.8 Å². The van der Waals surface area contributed by atoms with Crippen molar-refractivity contribution in [1.29, 1.82) is 0 Å². The number of β-amino-alcohol motifs (C(OH)–C–C–N with tert-alkyl or cyclic N) is 1. The van der Waals surface area contributed by atoms with Crippen molar-refractivity contribution in [3.8, 4) is 0 Å². The number of likely N-dealkylation sites (N-methyl/N-ethyl adjacent to an activating group) is 1. The Morgan fingerprint density at radius 2 is 2.10 bits per heavy atom. The molecule has 0 aliphatic carbocycles. The van der Waals surface area contributed by atoms with Gasteiger partial charge in [0.15, 0.2) is 0 Å². The molecule has 0 bridgehead atoms. The predicted octanol–water partition coefficient (Wildman–Crippen LogP) is 3.40. The standard InChI is InChI=1S/C24H31N3O2S/c1-26(21(18-7-3-2-4-8-18)16-27-14-12-20(28)15-27)23(29)17-30-22-11-5-9-19-10-6-13-25-24(19)22/h2-5,7-9,11,20-21,25,28H,6,10,12-17H2,1H3/t20-,21+/m0/s1. The first-order chi connectivity index (χ1) is 14.6. The van der Waals surface area contributed by atoms with E-state index in [1.807, 2.05) is 30.1 Å². The number of hydrogen-bond acceptors (Lipinski definition) is 5. The highest BCUT2D eigenvalue weighted by Gasteiger charge is 2.28. The molecule has 4 rings (SSSR count). The summed E-state index contributed by atoms with van der Waals surface area (Å²) in [6.45, 7) is 3.30. The van der Waals surface area contributed by atoms with Gasteiger partial charge >= 0.3 is 0 Å². The third-order valence-electron chi connectivity index (χ3n) is 6.11. The number of aliphatic hydroxyl groups is 1. The van der Waals surface area contributed by atoms with Gasteiger partial charge in [0.05, 0.1) is 23.6 Å². The number of carbonyl (C=O) groups is 1. The Balaban J connectivity index is 1.44. The van der Waals surface area contributed by atoms with Crippen LogP contribution in [-0.2, 0) is 11.2 Å². The molecule has 2 atom stereocenters. The zero-order valence-corrected chi connectivity index (χ0v) is 18.4. The Morgan fingerprint density at radius 3 is 2.87 bits per heavy atom. The van der Waals surface area contributed by atoms with E-state index < -0.39 is 0 Å². The summed E-state index contributed by atoms with van der Waals surface area (Å²) in [7, 11) is 1.91. The van der Waals surface area contributed by atoms with Crippen molar-refractivity contribution >= 4 is 23.4 Å². The Labute approximate surface area is 183 Å². The fraction of sp³-hybridized carbons (Fsp3) is 0.458. The minimum absolute atomic E-state index is 0.0209. The van der Waals surface area contributed by atoms with Crippen LogP contribution in [0.4, 0.5) is 5.69 Å². The number of carbonyl (C=O) groups excluding carboxylic acids is 1. The maximum absolute atomic E-state index is 13.2. The lowest BCUT2D eigenvalue weighted by atomic mass is 10.0. The number of fused-ring (bicyclic) bond motifs is 1. The van der Waals surface area contributed by atoms with Crippen molar-refractivity contribution in [3.63, 3.8) is 0 Å². The first-order valence-electron chi connectivity index (χ1n) is 10.8. The first kappa shape index (κ1) is 21.2. The lowest BCUT2D eigenvalue weighted by Gasteiger charge is -2.32. The van der Waals surface area contributed by atoms with Gasteiger partial charge in [-0.25, -0.2) is 0 Å². The fourth-order valence-corrected chi connectivity index (χ4v) is 5.37. The Morgan fingerprint density at radius 1 is 1.27 bits per heavy atom. The molecule has 2 aliphatic rings. The predicted molar refractivity (Wildman–Crippen MR) is 123 cm³/mol. The van der Waals surface area contributed by atoms with Crippen LogP contribution in [0.1, 0.15) is 30.0 Å². The lowest BCUT2D eigenvalue weighted by molar-refractivity contribution is -0.129. The monoisotopic (exact) mass is 425 g/mol. The van der Waals surface area contributed by atoms with Crippen LogP contribution < -0.4 is 5.32 Å². The number of nitrogens with zero attached hydrogens (tertiary/aromatic N) is 2. The summed E-state index contributed by atoms with van der Waals surface area (Å²) in [6, 6.07) is 16.6. The van der Waals surface area contributed by atoms with Gasteiger partial charge in [-0.3, -0.25) is 9.69 Å². The molecule has 2 aliphatic heterocycles. The summed E-state index contributed by atoms with van der Waals surface area (Å²) in [5.41, 5.74) is 3.69. The van der Waals surface area contributed by atoms with Crippen LogP contribution in [0, 0.1) is 0 Å². The fourth-order valence-electron chi connectivity index (χ4n) is 4.36. The molecule has 160 valence electrons. The number of nitrogens with one attached hydrogen (secondary N) is 1. The van der Waals surface area contributed by atoms with E-state index in [-0.39, 0.29) is 18.1 Å². The Kier molecular flexibility index (Phi) is 6.97. The van der Waals surface area contributed by atoms with Crippen molar-refractivity contribution in [3.05, 3.63) is 59.7 Å². The molecule has 1 saturated heterocycles. The second kappa shape index (κ2) is 9.86. The van der Waals surface area contributed by atoms with Gasteiger partial charge in [0.25, 0.3) is 0 Å². The van der Waals surface area contributed by atoms with Gasteiger partial charge < -0.3 is 15.3 Å². The smallest absolute Gasteiger partial charge is 0.233 e. The topological polar surface area (TPSA) is 55.8 Å². The number of likely N-dealkylation sites (tertiary alicyclic amines) is 1. The molecular weight excluding hydrogens is 394 g/mol. The van der Waals surface area contributed by atoms with E-state index in [0.717, 1.165) is 49.4 Å². The van der Waals surface area contributed by atoms with Crippen molar-refractivity contribution in [2.24, 2.45) is 0 Å². The highest BCUT2D eigenvalue weighted by Crippen LogP contribution is 2.34. The normalized spacial score (nSPS) is 19.7. The molecule has 1 fully saturated rings. The molecule has 30 heavy (non-hydrogen) atoms. The van der Waals surface area contributed by atoms with Crippen molar-refractivity contribution < 1.29 is 9.90 Å². The van der Waals surface area contributed by atoms with Gasteiger partial charge in [0, 0.05) is 38.1 Å². The molecule has 2 aromatic carbocycles. The molecule has 0 saturated carbocycles. The van der Waals surface area contributed by atoms with Gasteiger partial charge in [-0.05, 0) is 36.5 Å². The number of aryl methyl sites for hydroxylation is 1. The molecule has 6 heteroatoms. The SMILES string of the molecule is CN(C(=O)CSc1cccc2c1NCCC2)[C@H](CN1CC[C@H](O)C1)c1ccccc1. The summed E-state index contributed by atoms with van der Waals surface area (Å²) < 4.78 is 0. The Bertz CT molecular complexity index is 861. The quantitative estimate of drug-likeness (QED) is 0.666. The molecule has 1 amide bonds. The second-order valence-corrected chi connectivity index (χ2v) is 9.26. The third kappa shape index (κ3) is 4.99. The minimum atomic E-state index is -0.255. The molecule has 0 spiro atoms. The van der Waals surface area contributed by atoms with Crippen molar-refractivity contribution in [1.82, 2.24) is 9.80 Å². The molecule has 0 aromatic heterocycles. The molecule has 2 N–H and O–H groups in total. The average Bonchev–Trinajstić information content (AvgIpc) is 3.20. The van der Waals surface area contributed by atoms with Crippen molar-refractivity contribution in [2.45, 2.75) is 36.3 Å². The Hall–Kier alpha value is -2.02. The van der Waals surface area contributed by atoms with Crippen LogP contribution in [0.3, 0.4) is 0 Å². The number of thioether (sulfide) groups is 1. The molecule has 0 unspecified atom stereocenters. The maximum atomic E-state index is 13.2. The van der Waals surface area contributed by atoms with Gasteiger partial charge in [-0.1, -0.05) is 42.5 Å². The zero-order chi connectivity index (χ0) is 20.9. The van der Waals surface area contributed by atoms with Crippen LogP contribution >= 0.6 is 11.8 Å². The van der Waals surface area contributed by atoms with E-state index in [1.165, 1.54) is 11.3 Å².